The van der Waals surface area contributed by atoms with Gasteiger partial charge in [0.15, 0.2) is 5.96 Å². The zero-order valence-electron chi connectivity index (χ0n) is 57.0. The minimum absolute atomic E-state index is 0.0202. The first kappa shape index (κ1) is 80.8. The number of phenolic OH excluding ortho intramolecular Hbond substituents is 1. The number of phenols is 1. The second-order valence-corrected chi connectivity index (χ2v) is 25.5. The van der Waals surface area contributed by atoms with Crippen molar-refractivity contribution in [1.29, 1.82) is 0 Å². The number of aliphatic carboxylic acids is 2. The van der Waals surface area contributed by atoms with Gasteiger partial charge in [0.2, 0.25) is 53.2 Å². The third-order valence-electron chi connectivity index (χ3n) is 15.9. The molecule has 3 heterocycles. The lowest BCUT2D eigenvalue weighted by atomic mass is 9.97. The maximum Gasteiger partial charge on any atom is 0.490 e. The van der Waals surface area contributed by atoms with E-state index < -0.39 is 144 Å². The molecule has 30 nitrogen and oxygen atoms in total. The van der Waals surface area contributed by atoms with Gasteiger partial charge in [0, 0.05) is 73.9 Å². The van der Waals surface area contributed by atoms with Gasteiger partial charge in [0.05, 0.1) is 12.7 Å². The van der Waals surface area contributed by atoms with Crippen LogP contribution in [-0.2, 0) is 72.0 Å². The number of aliphatic imine (C=N–C) groups is 1. The van der Waals surface area contributed by atoms with Gasteiger partial charge in [-0.05, 0) is 104 Å². The molecule has 0 radical (unpaired) electrons. The summed E-state index contributed by atoms with van der Waals surface area (Å²) in [4.78, 5) is 174. The number of fused-ring (bicyclic) bond motifs is 1. The Hall–Kier alpha value is -10.9. The molecule has 2 aromatic heterocycles. The number of aromatic hydroxyl groups is 1. The van der Waals surface area contributed by atoms with Gasteiger partial charge in [-0.15, -0.1) is 0 Å². The molecule has 0 unspecified atom stereocenters. The number of nitrogens with zero attached hydrogens (tertiary/aromatic N) is 3. The number of hydrogen-bond acceptors (Lipinski definition) is 16. The number of halogens is 3. The molecule has 548 valence electrons. The Bertz CT molecular complexity index is 3770. The molecule has 1 fully saturated rings. The standard InChI is InChI=1S/C66H88N14O14.C2HF3O2/c1-36(2)27-47(59(87)75-48(28-37(3)4)62(90)79-57(38(5)6)64(92)78-49(31-41-17-20-44(81)21-18-41)58(86)72-42-19-22-45-39(7)29-56(85)94-53(45)33-42)74-61(89)51(32-43-34-69-35-71-43)76-60(88)50(30-40-13-9-8-10-14-40)77-63(91)52-16-12-26-80(52)65(93)46(15-11-25-70-66(67)68)73-54(82)23-24-55(83)84;3-2(4,5)1(6)7/h8-10,13-14,17-22,29,33-38,46-52,57,81H,11-12,15-16,23-28,30-32H2,1-7H3,(H,69,71)(H,72,86)(H,73,82)(H,74,89)(H,75,87)(H,76,88)(H,77,91)(H,78,92)(H,79,90)(H,83,84)(H4,67,68,70);(H,6,7)/t46-,47-,48-,49-,50-,51-,52-,57-;/m0./s1. The van der Waals surface area contributed by atoms with E-state index in [4.69, 9.17) is 25.8 Å². The van der Waals surface area contributed by atoms with Gasteiger partial charge in [-0.1, -0.05) is 84.0 Å². The molecule has 6 rings (SSSR count). The molecule has 16 N–H and O–H groups in total. The zero-order valence-corrected chi connectivity index (χ0v) is 57.0. The van der Waals surface area contributed by atoms with Gasteiger partial charge in [0.25, 0.3) is 0 Å². The first-order valence-electron chi connectivity index (χ1n) is 32.7. The molecule has 0 aliphatic carbocycles. The third-order valence-corrected chi connectivity index (χ3v) is 15.9. The van der Waals surface area contributed by atoms with Gasteiger partial charge < -0.3 is 83.6 Å². The number of likely N-dealkylation sites (tertiary alicyclic amines) is 1. The zero-order chi connectivity index (χ0) is 74.8. The molecule has 3 aromatic carbocycles. The molecule has 33 heteroatoms. The van der Waals surface area contributed by atoms with Crippen LogP contribution in [0.5, 0.6) is 5.75 Å². The molecular formula is C68H89F3N14O16. The number of guanidine groups is 1. The van der Waals surface area contributed by atoms with Gasteiger partial charge in [0.1, 0.15) is 59.7 Å². The molecule has 1 aliphatic heterocycles. The van der Waals surface area contributed by atoms with Crippen LogP contribution >= 0.6 is 0 Å². The Kier molecular flexibility index (Phi) is 30.8. The minimum Gasteiger partial charge on any atom is -0.508 e. The Morgan fingerprint density at radius 2 is 1.24 bits per heavy atom. The van der Waals surface area contributed by atoms with Crippen LogP contribution in [0.25, 0.3) is 11.0 Å². The van der Waals surface area contributed by atoms with Gasteiger partial charge in [-0.25, -0.2) is 14.6 Å². The number of imidazole rings is 1. The maximum atomic E-state index is 14.8. The summed E-state index contributed by atoms with van der Waals surface area (Å²) in [6.45, 7) is 12.7. The molecule has 1 aliphatic rings. The first-order chi connectivity index (χ1) is 47.6. The van der Waals surface area contributed by atoms with E-state index in [0.29, 0.717) is 34.2 Å². The van der Waals surface area contributed by atoms with Crippen molar-refractivity contribution in [3.05, 3.63) is 124 Å². The number of hydrogen-bond donors (Lipinski definition) is 14. The quantitative estimate of drug-likeness (QED) is 0.0122. The number of aryl methyl sites for hydroxylation is 1. The van der Waals surface area contributed by atoms with E-state index in [1.165, 1.54) is 41.7 Å². The SMILES string of the molecule is Cc1cc(=O)oc2cc(NC(=O)[C@H](Cc3ccc(O)cc3)NC(=O)[C@@H](NC(=O)[C@H](CC(C)C)NC(=O)[C@H](CC(C)C)NC(=O)[C@H](Cc3cnc[nH]3)NC(=O)[C@H](Cc3ccccc3)NC(=O)[C@@H]3CCCN3C(=O)[C@H](CCCN=C(N)N)NC(=O)CCC(=O)O)C(C)C)ccc12.O=C(O)C(F)(F)F. The van der Waals surface area contributed by atoms with Crippen molar-refractivity contribution in [3.63, 3.8) is 0 Å². The summed E-state index contributed by atoms with van der Waals surface area (Å²) in [6, 6.07) is 10.8. The van der Waals surface area contributed by atoms with Crippen LogP contribution in [-0.4, -0.2) is 169 Å². The number of nitrogens with two attached hydrogens (primary N) is 2. The molecule has 0 spiro atoms. The smallest absolute Gasteiger partial charge is 0.490 e. The summed E-state index contributed by atoms with van der Waals surface area (Å²) < 4.78 is 37.1. The minimum atomic E-state index is -5.08. The van der Waals surface area contributed by atoms with E-state index in [-0.39, 0.29) is 99.3 Å². The van der Waals surface area contributed by atoms with Crippen LogP contribution in [0.15, 0.2) is 106 Å². The topological polar surface area (TPSA) is 471 Å². The van der Waals surface area contributed by atoms with E-state index in [2.05, 4.69) is 57.5 Å². The number of carbonyl (C=O) groups is 11. The number of benzene rings is 3. The number of rotatable bonds is 34. The fourth-order valence-electron chi connectivity index (χ4n) is 10.9. The number of aromatic nitrogens is 2. The largest absolute Gasteiger partial charge is 0.508 e. The molecule has 9 amide bonds. The predicted molar refractivity (Wildman–Crippen MR) is 363 cm³/mol. The number of anilines is 1. The lowest BCUT2D eigenvalue weighted by Gasteiger charge is -2.30. The molecule has 8 atom stereocenters. The highest BCUT2D eigenvalue weighted by Gasteiger charge is 2.41. The van der Waals surface area contributed by atoms with E-state index in [1.807, 2.05) is 27.7 Å². The van der Waals surface area contributed by atoms with Crippen LogP contribution in [0, 0.1) is 24.7 Å². The van der Waals surface area contributed by atoms with Crippen molar-refractivity contribution in [2.45, 2.75) is 174 Å². The normalized spacial score (nSPS) is 14.9. The summed E-state index contributed by atoms with van der Waals surface area (Å²) in [5.41, 5.74) is 13.2. The average molecular weight is 1420 g/mol. The predicted octanol–water partition coefficient (Wildman–Crippen LogP) is 2.88. The maximum absolute atomic E-state index is 14.8. The average Bonchev–Trinajstić information content (AvgIpc) is 1.81. The van der Waals surface area contributed by atoms with E-state index in [9.17, 15) is 76.1 Å². The highest BCUT2D eigenvalue weighted by Crippen LogP contribution is 2.24. The summed E-state index contributed by atoms with van der Waals surface area (Å²) in [5.74, 6) is -11.7. The van der Waals surface area contributed by atoms with Crippen LogP contribution in [0.1, 0.15) is 115 Å². The van der Waals surface area contributed by atoms with Crippen molar-refractivity contribution in [1.82, 2.24) is 52.1 Å². The summed E-state index contributed by atoms with van der Waals surface area (Å²) in [5, 5.41) is 49.2. The van der Waals surface area contributed by atoms with Crippen molar-refractivity contribution >= 4 is 87.7 Å². The lowest BCUT2D eigenvalue weighted by molar-refractivity contribution is -0.192. The molecule has 0 bridgehead atoms. The number of nitrogens with one attached hydrogen (secondary N) is 9. The van der Waals surface area contributed by atoms with Crippen LogP contribution in [0.3, 0.4) is 0 Å². The number of alkyl halides is 3. The highest BCUT2D eigenvalue weighted by molar-refractivity contribution is 6.01. The van der Waals surface area contributed by atoms with E-state index in [0.717, 1.165) is 0 Å². The molecule has 5 aromatic rings. The number of carboxylic acids is 2. The van der Waals surface area contributed by atoms with Crippen LogP contribution < -0.4 is 59.6 Å². The van der Waals surface area contributed by atoms with Gasteiger partial charge in [-0.3, -0.25) is 52.9 Å². The fourth-order valence-corrected chi connectivity index (χ4v) is 10.9. The van der Waals surface area contributed by atoms with Gasteiger partial charge >= 0.3 is 23.7 Å². The second-order valence-electron chi connectivity index (χ2n) is 25.5. The first-order valence-corrected chi connectivity index (χ1v) is 32.7. The molecular weight excluding hydrogens is 1330 g/mol. The van der Waals surface area contributed by atoms with E-state index in [1.54, 1.807) is 75.4 Å². The summed E-state index contributed by atoms with van der Waals surface area (Å²) >= 11 is 0. The number of aromatic amines is 1. The van der Waals surface area contributed by atoms with Crippen molar-refractivity contribution in [3.8, 4) is 5.75 Å². The lowest BCUT2D eigenvalue weighted by Crippen LogP contribution is -2.61. The third kappa shape index (κ3) is 26.7. The molecule has 101 heavy (non-hydrogen) atoms. The van der Waals surface area contributed by atoms with Crippen molar-refractivity contribution < 1.29 is 85.6 Å². The number of H-pyrrole nitrogens is 1. The Labute approximate surface area is 579 Å². The van der Waals surface area contributed by atoms with Crippen LogP contribution in [0.4, 0.5) is 18.9 Å². The highest BCUT2D eigenvalue weighted by atomic mass is 19.4. The molecule has 0 saturated carbocycles. The number of carbonyl (C=O) groups excluding carboxylic acids is 9. The van der Waals surface area contributed by atoms with E-state index >= 15 is 0 Å². The number of carboxylic acid groups (broad SMARTS) is 2. The summed E-state index contributed by atoms with van der Waals surface area (Å²) in [7, 11) is 0. The van der Waals surface area contributed by atoms with Gasteiger partial charge in [-0.2, -0.15) is 13.2 Å². The monoisotopic (exact) mass is 1410 g/mol. The van der Waals surface area contributed by atoms with Crippen molar-refractivity contribution in [2.24, 2.45) is 34.2 Å². The Balaban J connectivity index is 0.00000249. The summed E-state index contributed by atoms with van der Waals surface area (Å²) in [6.07, 6.45) is -2.47. The van der Waals surface area contributed by atoms with Crippen LogP contribution in [0.2, 0.25) is 0 Å². The fraction of sp³-hybridized carbons (Fsp3) is 0.471. The molecule has 1 saturated heterocycles. The Morgan fingerprint density at radius 1 is 0.683 bits per heavy atom. The Morgan fingerprint density at radius 3 is 1.79 bits per heavy atom. The van der Waals surface area contributed by atoms with Crippen molar-refractivity contribution in [2.75, 3.05) is 18.4 Å². The second kappa shape index (κ2) is 38.5. The number of amides is 9.